The number of carbonyl (C=O) groups is 1. The topological polar surface area (TPSA) is 42.0 Å². The van der Waals surface area contributed by atoms with Gasteiger partial charge in [-0.2, -0.15) is 0 Å². The summed E-state index contributed by atoms with van der Waals surface area (Å²) in [6.45, 7) is 5.59. The number of nitrogens with zero attached hydrogens (tertiary/aromatic N) is 1. The van der Waals surface area contributed by atoms with E-state index in [1.807, 2.05) is 39.0 Å². The van der Waals surface area contributed by atoms with Gasteiger partial charge in [0.05, 0.1) is 11.2 Å². The number of hydrogen-bond acceptors (Lipinski definition) is 2. The predicted molar refractivity (Wildman–Crippen MR) is 74.8 cm³/mol. The van der Waals surface area contributed by atoms with Crippen LogP contribution in [0.15, 0.2) is 30.5 Å². The highest BCUT2D eigenvalue weighted by molar-refractivity contribution is 6.32. The smallest absolute Gasteiger partial charge is 0.229 e. The van der Waals surface area contributed by atoms with Crippen molar-refractivity contribution < 1.29 is 4.79 Å². The highest BCUT2D eigenvalue weighted by Crippen LogP contribution is 2.27. The molecular formula is C14H15ClN2O. The Morgan fingerprint density at radius 1 is 1.33 bits per heavy atom. The minimum absolute atomic E-state index is 0.0586. The van der Waals surface area contributed by atoms with Gasteiger partial charge in [-0.1, -0.05) is 38.4 Å². The second-order valence-electron chi connectivity index (χ2n) is 5.23. The Kier molecular flexibility index (Phi) is 3.26. The van der Waals surface area contributed by atoms with E-state index in [1.54, 1.807) is 12.3 Å². The zero-order valence-corrected chi connectivity index (χ0v) is 11.4. The number of carbonyl (C=O) groups excluding carboxylic acids is 1. The molecule has 0 radical (unpaired) electrons. The highest BCUT2D eigenvalue weighted by atomic mass is 35.5. The molecule has 1 N–H and O–H groups in total. The average Bonchev–Trinajstić information content (AvgIpc) is 2.27. The maximum absolute atomic E-state index is 12.0. The van der Waals surface area contributed by atoms with Crippen LogP contribution in [0.5, 0.6) is 0 Å². The molecule has 0 unspecified atom stereocenters. The van der Waals surface area contributed by atoms with Gasteiger partial charge in [0.25, 0.3) is 0 Å². The van der Waals surface area contributed by atoms with E-state index in [0.29, 0.717) is 10.7 Å². The molecule has 0 saturated heterocycles. The van der Waals surface area contributed by atoms with E-state index < -0.39 is 5.41 Å². The van der Waals surface area contributed by atoms with Gasteiger partial charge in [0.2, 0.25) is 5.91 Å². The molecule has 2 rings (SSSR count). The number of fused-ring (bicyclic) bond motifs is 1. The van der Waals surface area contributed by atoms with Gasteiger partial charge in [0.15, 0.2) is 0 Å². The van der Waals surface area contributed by atoms with Gasteiger partial charge in [-0.25, -0.2) is 0 Å². The lowest BCUT2D eigenvalue weighted by Gasteiger charge is -2.18. The van der Waals surface area contributed by atoms with Crippen LogP contribution in [0.3, 0.4) is 0 Å². The van der Waals surface area contributed by atoms with Gasteiger partial charge in [-0.15, -0.1) is 0 Å². The third-order valence-electron chi connectivity index (χ3n) is 2.60. The molecule has 4 heteroatoms. The molecule has 18 heavy (non-hydrogen) atoms. The van der Waals surface area contributed by atoms with Crippen molar-refractivity contribution in [2.24, 2.45) is 5.41 Å². The Morgan fingerprint density at radius 3 is 2.72 bits per heavy atom. The van der Waals surface area contributed by atoms with Crippen LogP contribution in [0, 0.1) is 5.41 Å². The molecule has 94 valence electrons. The van der Waals surface area contributed by atoms with Gasteiger partial charge >= 0.3 is 0 Å². The van der Waals surface area contributed by atoms with Crippen LogP contribution in [0.2, 0.25) is 5.02 Å². The molecule has 0 aliphatic heterocycles. The quantitative estimate of drug-likeness (QED) is 0.848. The summed E-state index contributed by atoms with van der Waals surface area (Å²) in [7, 11) is 0. The van der Waals surface area contributed by atoms with Crippen molar-refractivity contribution in [2.45, 2.75) is 20.8 Å². The predicted octanol–water partition coefficient (Wildman–Crippen LogP) is 3.87. The second-order valence-corrected chi connectivity index (χ2v) is 5.67. The van der Waals surface area contributed by atoms with Crippen molar-refractivity contribution >= 4 is 34.1 Å². The van der Waals surface area contributed by atoms with Gasteiger partial charge in [0, 0.05) is 22.0 Å². The number of halogens is 1. The first-order valence-corrected chi connectivity index (χ1v) is 6.11. The molecule has 3 nitrogen and oxygen atoms in total. The van der Waals surface area contributed by atoms with Gasteiger partial charge in [0.1, 0.15) is 0 Å². The Balaban J connectivity index is 2.48. The third kappa shape index (κ3) is 2.62. The molecule has 0 atom stereocenters. The highest BCUT2D eigenvalue weighted by Gasteiger charge is 2.22. The Hall–Kier alpha value is -1.61. The fourth-order valence-electron chi connectivity index (χ4n) is 1.56. The van der Waals surface area contributed by atoms with Crippen LogP contribution in [-0.4, -0.2) is 10.9 Å². The van der Waals surface area contributed by atoms with Crippen molar-refractivity contribution in [2.75, 3.05) is 5.32 Å². The molecule has 0 aliphatic rings. The van der Waals surface area contributed by atoms with Crippen LogP contribution < -0.4 is 5.32 Å². The third-order valence-corrected chi connectivity index (χ3v) is 2.82. The summed E-state index contributed by atoms with van der Waals surface area (Å²) in [5.74, 6) is -0.0586. The lowest BCUT2D eigenvalue weighted by molar-refractivity contribution is -0.123. The fourth-order valence-corrected chi connectivity index (χ4v) is 1.79. The molecule has 2 aromatic rings. The van der Waals surface area contributed by atoms with Gasteiger partial charge < -0.3 is 5.32 Å². The molecule has 1 amide bonds. The van der Waals surface area contributed by atoms with Crippen molar-refractivity contribution in [1.29, 1.82) is 0 Å². The van der Waals surface area contributed by atoms with Crippen molar-refractivity contribution in [1.82, 2.24) is 4.98 Å². The summed E-state index contributed by atoms with van der Waals surface area (Å²) in [6, 6.07) is 7.31. The number of rotatable bonds is 1. The number of anilines is 1. The Bertz CT molecular complexity index is 602. The summed E-state index contributed by atoms with van der Waals surface area (Å²) in [4.78, 5) is 16.3. The van der Waals surface area contributed by atoms with E-state index in [4.69, 9.17) is 11.6 Å². The van der Waals surface area contributed by atoms with E-state index in [-0.39, 0.29) is 5.91 Å². The molecule has 0 fully saturated rings. The van der Waals surface area contributed by atoms with E-state index in [9.17, 15) is 4.79 Å². The van der Waals surface area contributed by atoms with E-state index in [2.05, 4.69) is 10.3 Å². The lowest BCUT2D eigenvalue weighted by atomic mass is 9.95. The van der Waals surface area contributed by atoms with Crippen molar-refractivity contribution in [3.8, 4) is 0 Å². The maximum atomic E-state index is 12.0. The summed E-state index contributed by atoms with van der Waals surface area (Å²) in [6.07, 6.45) is 1.70. The average molecular weight is 263 g/mol. The summed E-state index contributed by atoms with van der Waals surface area (Å²) in [5.41, 5.74) is 0.946. The molecule has 1 aromatic heterocycles. The van der Waals surface area contributed by atoms with E-state index in [0.717, 1.165) is 10.9 Å². The minimum Gasteiger partial charge on any atom is -0.324 e. The fraction of sp³-hybridized carbons (Fsp3) is 0.286. The lowest BCUT2D eigenvalue weighted by Crippen LogP contribution is -2.27. The van der Waals surface area contributed by atoms with Gasteiger partial charge in [-0.05, 0) is 18.2 Å². The van der Waals surface area contributed by atoms with Gasteiger partial charge in [-0.3, -0.25) is 9.78 Å². The number of nitrogens with one attached hydrogen (secondary N) is 1. The number of pyridine rings is 1. The summed E-state index contributed by atoms with van der Waals surface area (Å²) >= 11 is 6.04. The van der Waals surface area contributed by atoms with Crippen LogP contribution in [0.1, 0.15) is 20.8 Å². The van der Waals surface area contributed by atoms with Crippen LogP contribution in [0.4, 0.5) is 5.69 Å². The number of amides is 1. The van der Waals surface area contributed by atoms with Crippen LogP contribution in [-0.2, 0) is 4.79 Å². The van der Waals surface area contributed by atoms with Crippen LogP contribution >= 0.6 is 11.6 Å². The summed E-state index contributed by atoms with van der Waals surface area (Å²) < 4.78 is 0. The summed E-state index contributed by atoms with van der Waals surface area (Å²) in [5, 5.41) is 4.37. The SMILES string of the molecule is CC(C)(C)C(=O)Nc1cc(Cl)cc2cccnc12. The normalized spacial score (nSPS) is 11.6. The monoisotopic (exact) mass is 262 g/mol. The molecular weight excluding hydrogens is 248 g/mol. The molecule has 0 aliphatic carbocycles. The molecule has 0 saturated carbocycles. The van der Waals surface area contributed by atoms with E-state index >= 15 is 0 Å². The van der Waals surface area contributed by atoms with Crippen molar-refractivity contribution in [3.05, 3.63) is 35.5 Å². The first-order valence-electron chi connectivity index (χ1n) is 5.73. The first-order chi connectivity index (χ1) is 8.38. The molecule has 0 bridgehead atoms. The number of benzene rings is 1. The van der Waals surface area contributed by atoms with Crippen LogP contribution in [0.25, 0.3) is 10.9 Å². The maximum Gasteiger partial charge on any atom is 0.229 e. The largest absolute Gasteiger partial charge is 0.324 e. The molecule has 0 spiro atoms. The molecule has 1 aromatic carbocycles. The molecule has 1 heterocycles. The Labute approximate surface area is 111 Å². The zero-order valence-electron chi connectivity index (χ0n) is 10.6. The first kappa shape index (κ1) is 12.8. The standard InChI is InChI=1S/C14H15ClN2O/c1-14(2,3)13(18)17-11-8-10(15)7-9-5-4-6-16-12(9)11/h4-8H,1-3H3,(H,17,18). The number of aromatic nitrogens is 1. The Morgan fingerprint density at radius 2 is 2.06 bits per heavy atom. The second kappa shape index (κ2) is 4.58. The zero-order chi connectivity index (χ0) is 13.3. The van der Waals surface area contributed by atoms with Crippen molar-refractivity contribution in [3.63, 3.8) is 0 Å². The van der Waals surface area contributed by atoms with E-state index in [1.165, 1.54) is 0 Å². The number of hydrogen-bond donors (Lipinski definition) is 1. The minimum atomic E-state index is -0.455.